The maximum atomic E-state index is 9.85. The Balaban J connectivity index is 2.33. The first-order valence-electron chi connectivity index (χ1n) is 6.86. The van der Waals surface area contributed by atoms with Crippen LogP contribution in [0, 0.1) is 0 Å². The van der Waals surface area contributed by atoms with E-state index in [0.717, 1.165) is 22.0 Å². The number of nitrogens with zero attached hydrogens (tertiary/aromatic N) is 4. The van der Waals surface area contributed by atoms with E-state index in [-0.39, 0.29) is 6.54 Å². The topological polar surface area (TPSA) is 61.1 Å². The Hall–Kier alpha value is -1.98. The molecule has 0 unspecified atom stereocenters. The van der Waals surface area contributed by atoms with Crippen molar-refractivity contribution in [1.82, 2.24) is 10.1 Å². The van der Waals surface area contributed by atoms with E-state index >= 15 is 0 Å². The first-order valence-corrected chi connectivity index (χ1v) is 7.24. The maximum Gasteiger partial charge on any atom is 0.129 e. The third-order valence-corrected chi connectivity index (χ3v) is 3.27. The van der Waals surface area contributed by atoms with Crippen molar-refractivity contribution in [3.05, 3.63) is 41.2 Å². The molecule has 0 radical (unpaired) electrons. The minimum Gasteiger partial charge on any atom is -0.388 e. The van der Waals surface area contributed by atoms with Gasteiger partial charge in [-0.05, 0) is 43.9 Å². The summed E-state index contributed by atoms with van der Waals surface area (Å²) in [6, 6.07) is 7.73. The number of aliphatic hydroxyl groups is 1. The monoisotopic (exact) mass is 318 g/mol. The average molecular weight is 319 g/mol. The Bertz CT molecular complexity index is 722. The van der Waals surface area contributed by atoms with E-state index in [1.807, 2.05) is 31.2 Å². The fourth-order valence-corrected chi connectivity index (χ4v) is 2.20. The molecule has 1 aromatic carbocycles. The molecule has 0 amide bonds. The van der Waals surface area contributed by atoms with Gasteiger partial charge in [-0.1, -0.05) is 23.7 Å². The van der Waals surface area contributed by atoms with E-state index < -0.39 is 5.60 Å². The van der Waals surface area contributed by atoms with E-state index in [0.29, 0.717) is 5.15 Å². The van der Waals surface area contributed by atoms with Crippen molar-refractivity contribution < 1.29 is 5.11 Å². The van der Waals surface area contributed by atoms with Crippen molar-refractivity contribution in [2.75, 3.05) is 6.54 Å². The average Bonchev–Trinajstić information content (AvgIpc) is 2.44. The summed E-state index contributed by atoms with van der Waals surface area (Å²) in [4.78, 5) is 4.06. The highest BCUT2D eigenvalue weighted by Crippen LogP contribution is 2.19. The van der Waals surface area contributed by atoms with E-state index in [2.05, 4.69) is 21.9 Å². The molecule has 2 aromatic rings. The highest BCUT2D eigenvalue weighted by molar-refractivity contribution is 6.30. The molecule has 5 nitrogen and oxygen atoms in total. The highest BCUT2D eigenvalue weighted by atomic mass is 35.5. The molecule has 0 spiro atoms. The number of benzene rings is 1. The van der Waals surface area contributed by atoms with Crippen LogP contribution in [0.25, 0.3) is 10.8 Å². The summed E-state index contributed by atoms with van der Waals surface area (Å²) < 4.78 is 0. The fourth-order valence-electron chi connectivity index (χ4n) is 2.03. The van der Waals surface area contributed by atoms with Crippen molar-refractivity contribution in [3.63, 3.8) is 0 Å². The summed E-state index contributed by atoms with van der Waals surface area (Å²) in [6.45, 7) is 9.02. The summed E-state index contributed by atoms with van der Waals surface area (Å²) in [5.41, 5.74) is 0.804. The lowest BCUT2D eigenvalue weighted by atomic mass is 10.1. The van der Waals surface area contributed by atoms with Crippen LogP contribution in [0.1, 0.15) is 26.3 Å². The Morgan fingerprint density at radius 2 is 2.09 bits per heavy atom. The molecule has 1 aromatic heterocycles. The lowest BCUT2D eigenvalue weighted by molar-refractivity contribution is 0.0385. The quantitative estimate of drug-likeness (QED) is 0.522. The van der Waals surface area contributed by atoms with Gasteiger partial charge < -0.3 is 5.11 Å². The fraction of sp³-hybridized carbons (Fsp3) is 0.312. The molecule has 116 valence electrons. The first kappa shape index (κ1) is 16.4. The van der Waals surface area contributed by atoms with Crippen LogP contribution >= 0.6 is 11.6 Å². The number of halogens is 1. The van der Waals surface area contributed by atoms with Crippen LogP contribution in [0.15, 0.2) is 40.7 Å². The molecule has 6 heteroatoms. The number of pyridine rings is 1. The molecular weight excluding hydrogens is 300 g/mol. The molecule has 0 fully saturated rings. The van der Waals surface area contributed by atoms with Crippen molar-refractivity contribution in [2.24, 2.45) is 10.2 Å². The Morgan fingerprint density at radius 1 is 1.36 bits per heavy atom. The van der Waals surface area contributed by atoms with Crippen LogP contribution < -0.4 is 0 Å². The number of hydrogen-bond donors (Lipinski definition) is 1. The number of fused-ring (bicyclic) bond motifs is 1. The minimum absolute atomic E-state index is 0.261. The standard InChI is InChI=1S/C16H19ClN4O/c1-11(20-21(18-4)10-16(2,3)22)12-5-6-13-9-19-15(17)8-14(13)7-12/h5-9,22H,4,10H2,1-3H3. The Morgan fingerprint density at radius 3 is 2.73 bits per heavy atom. The van der Waals surface area contributed by atoms with Gasteiger partial charge in [-0.3, -0.25) is 0 Å². The van der Waals surface area contributed by atoms with Gasteiger partial charge in [-0.15, -0.1) is 0 Å². The summed E-state index contributed by atoms with van der Waals surface area (Å²) in [5, 5.41) is 21.9. The molecule has 2 rings (SSSR count). The second-order valence-electron chi connectivity index (χ2n) is 5.74. The summed E-state index contributed by atoms with van der Waals surface area (Å²) in [5.74, 6) is 0. The summed E-state index contributed by atoms with van der Waals surface area (Å²) >= 11 is 5.93. The summed E-state index contributed by atoms with van der Waals surface area (Å²) in [7, 11) is 0. The lowest BCUT2D eigenvalue weighted by Crippen LogP contribution is -2.33. The predicted molar refractivity (Wildman–Crippen MR) is 91.5 cm³/mol. The van der Waals surface area contributed by atoms with E-state index in [9.17, 15) is 5.11 Å². The molecule has 0 saturated heterocycles. The molecule has 0 bridgehead atoms. The molecule has 0 saturated carbocycles. The van der Waals surface area contributed by atoms with Gasteiger partial charge in [0.1, 0.15) is 5.15 Å². The zero-order valence-electron chi connectivity index (χ0n) is 12.9. The SMILES string of the molecule is C=NN(CC(C)(C)O)N=C(C)c1ccc2cnc(Cl)cc2c1. The normalized spacial score (nSPS) is 12.5. The van der Waals surface area contributed by atoms with E-state index in [1.165, 1.54) is 5.12 Å². The molecule has 1 heterocycles. The van der Waals surface area contributed by atoms with Crippen LogP contribution in [0.3, 0.4) is 0 Å². The van der Waals surface area contributed by atoms with Gasteiger partial charge in [0.25, 0.3) is 0 Å². The number of hydrogen-bond acceptors (Lipinski definition) is 5. The molecule has 1 N–H and O–H groups in total. The van der Waals surface area contributed by atoms with Crippen molar-refractivity contribution in [1.29, 1.82) is 0 Å². The highest BCUT2D eigenvalue weighted by Gasteiger charge is 2.17. The van der Waals surface area contributed by atoms with Gasteiger partial charge in [-0.2, -0.15) is 15.3 Å². The van der Waals surface area contributed by atoms with Crippen LogP contribution in [0.4, 0.5) is 0 Å². The smallest absolute Gasteiger partial charge is 0.129 e. The molecule has 0 atom stereocenters. The van der Waals surface area contributed by atoms with E-state index in [1.54, 1.807) is 20.0 Å². The lowest BCUT2D eigenvalue weighted by Gasteiger charge is -2.22. The van der Waals surface area contributed by atoms with Crippen LogP contribution in [0.2, 0.25) is 5.15 Å². The second kappa shape index (κ2) is 6.42. The van der Waals surface area contributed by atoms with Crippen LogP contribution in [-0.4, -0.2) is 39.8 Å². The van der Waals surface area contributed by atoms with Crippen molar-refractivity contribution >= 4 is 34.8 Å². The Kier molecular flexibility index (Phi) is 4.78. The molecule has 0 aliphatic rings. The number of hydrazone groups is 2. The predicted octanol–water partition coefficient (Wildman–Crippen LogP) is 3.30. The molecule has 22 heavy (non-hydrogen) atoms. The largest absolute Gasteiger partial charge is 0.388 e. The molecular formula is C16H19ClN4O. The zero-order valence-corrected chi connectivity index (χ0v) is 13.7. The van der Waals surface area contributed by atoms with Gasteiger partial charge >= 0.3 is 0 Å². The minimum atomic E-state index is -0.909. The Labute approximate surface area is 134 Å². The van der Waals surface area contributed by atoms with Gasteiger partial charge in [-0.25, -0.2) is 4.98 Å². The van der Waals surface area contributed by atoms with Gasteiger partial charge in [0.2, 0.25) is 0 Å². The third kappa shape index (κ3) is 4.26. The van der Waals surface area contributed by atoms with Crippen LogP contribution in [0.5, 0.6) is 0 Å². The maximum absolute atomic E-state index is 9.85. The third-order valence-electron chi connectivity index (χ3n) is 3.06. The van der Waals surface area contributed by atoms with E-state index in [4.69, 9.17) is 11.6 Å². The second-order valence-corrected chi connectivity index (χ2v) is 6.13. The van der Waals surface area contributed by atoms with Gasteiger partial charge in [0, 0.05) is 18.3 Å². The van der Waals surface area contributed by atoms with Gasteiger partial charge in [0.15, 0.2) is 0 Å². The van der Waals surface area contributed by atoms with Gasteiger partial charge in [0.05, 0.1) is 17.9 Å². The van der Waals surface area contributed by atoms with Crippen molar-refractivity contribution in [3.8, 4) is 0 Å². The molecule has 0 aliphatic heterocycles. The van der Waals surface area contributed by atoms with Crippen molar-refractivity contribution in [2.45, 2.75) is 26.4 Å². The first-order chi connectivity index (χ1) is 10.3. The summed E-state index contributed by atoms with van der Waals surface area (Å²) in [6.07, 6.45) is 1.74. The number of rotatable bonds is 5. The number of aromatic nitrogens is 1. The molecule has 0 aliphatic carbocycles. The zero-order chi connectivity index (χ0) is 16.3. The van der Waals surface area contributed by atoms with Crippen LogP contribution in [-0.2, 0) is 0 Å².